The molecule has 20 heavy (non-hydrogen) atoms. The van der Waals surface area contributed by atoms with Crippen molar-refractivity contribution in [3.63, 3.8) is 0 Å². The maximum Gasteiger partial charge on any atom is 0.256 e. The first-order valence-electron chi connectivity index (χ1n) is 6.02. The molecule has 0 aliphatic carbocycles. The van der Waals surface area contributed by atoms with E-state index in [4.69, 9.17) is 5.73 Å². The predicted octanol–water partition coefficient (Wildman–Crippen LogP) is 4.66. The third-order valence-electron chi connectivity index (χ3n) is 3.13. The second-order valence-electron chi connectivity index (χ2n) is 4.55. The highest BCUT2D eigenvalue weighted by atomic mass is 79.9. The summed E-state index contributed by atoms with van der Waals surface area (Å²) >= 11 is 6.76. The number of carbonyl (C=O) groups is 1. The highest BCUT2D eigenvalue weighted by Gasteiger charge is 2.13. The van der Waals surface area contributed by atoms with Crippen LogP contribution in [0.5, 0.6) is 0 Å². The van der Waals surface area contributed by atoms with Gasteiger partial charge in [0, 0.05) is 20.3 Å². The summed E-state index contributed by atoms with van der Waals surface area (Å²) in [5, 5.41) is 2.93. The van der Waals surface area contributed by atoms with Crippen LogP contribution in [0.4, 0.5) is 11.4 Å². The molecule has 0 fully saturated rings. The first-order chi connectivity index (χ1) is 9.40. The van der Waals surface area contributed by atoms with Crippen LogP contribution >= 0.6 is 31.9 Å². The Hall–Kier alpha value is -1.33. The number of aryl methyl sites for hydroxylation is 1. The molecule has 0 heterocycles. The fourth-order valence-corrected chi connectivity index (χ4v) is 3.14. The minimum Gasteiger partial charge on any atom is -0.398 e. The summed E-state index contributed by atoms with van der Waals surface area (Å²) in [5.41, 5.74) is 9.77. The van der Waals surface area contributed by atoms with Crippen molar-refractivity contribution in [3.8, 4) is 0 Å². The van der Waals surface area contributed by atoms with Crippen LogP contribution in [0.15, 0.2) is 39.3 Å². The molecule has 0 saturated carbocycles. The lowest BCUT2D eigenvalue weighted by atomic mass is 10.1. The van der Waals surface area contributed by atoms with E-state index in [1.54, 1.807) is 6.07 Å². The van der Waals surface area contributed by atoms with Gasteiger partial charge in [-0.2, -0.15) is 0 Å². The summed E-state index contributed by atoms with van der Waals surface area (Å²) in [7, 11) is 0. The smallest absolute Gasteiger partial charge is 0.256 e. The standard InChI is InChI=1S/C15H14Br2N2O/c1-8-3-6-13(18)9(2)14(8)19-15(20)11-5-4-10(16)7-12(11)17/h3-7H,18H2,1-2H3,(H,19,20). The Balaban J connectivity index is 2.35. The van der Waals surface area contributed by atoms with Gasteiger partial charge in [0.25, 0.3) is 5.91 Å². The van der Waals surface area contributed by atoms with Crippen molar-refractivity contribution in [1.82, 2.24) is 0 Å². The Morgan fingerprint density at radius 3 is 2.50 bits per heavy atom. The molecular formula is C15H14Br2N2O. The molecule has 0 saturated heterocycles. The fourth-order valence-electron chi connectivity index (χ4n) is 1.91. The van der Waals surface area contributed by atoms with E-state index in [0.717, 1.165) is 25.8 Å². The van der Waals surface area contributed by atoms with Crippen molar-refractivity contribution in [2.75, 3.05) is 11.1 Å². The monoisotopic (exact) mass is 396 g/mol. The van der Waals surface area contributed by atoms with Gasteiger partial charge in [-0.3, -0.25) is 4.79 Å². The average Bonchev–Trinajstić information content (AvgIpc) is 2.39. The topological polar surface area (TPSA) is 55.1 Å². The maximum absolute atomic E-state index is 12.4. The van der Waals surface area contributed by atoms with E-state index in [1.807, 2.05) is 38.1 Å². The highest BCUT2D eigenvalue weighted by Crippen LogP contribution is 2.27. The van der Waals surface area contributed by atoms with Gasteiger partial charge >= 0.3 is 0 Å². The van der Waals surface area contributed by atoms with Crippen LogP contribution in [0, 0.1) is 13.8 Å². The van der Waals surface area contributed by atoms with Crippen molar-refractivity contribution < 1.29 is 4.79 Å². The van der Waals surface area contributed by atoms with Crippen molar-refractivity contribution in [3.05, 3.63) is 56.0 Å². The Morgan fingerprint density at radius 1 is 1.15 bits per heavy atom. The zero-order valence-corrected chi connectivity index (χ0v) is 14.3. The van der Waals surface area contributed by atoms with E-state index in [-0.39, 0.29) is 5.91 Å². The van der Waals surface area contributed by atoms with Crippen LogP contribution in [0.3, 0.4) is 0 Å². The van der Waals surface area contributed by atoms with Gasteiger partial charge in [0.1, 0.15) is 0 Å². The minimum atomic E-state index is -0.166. The van der Waals surface area contributed by atoms with Gasteiger partial charge in [0.05, 0.1) is 5.56 Å². The summed E-state index contributed by atoms with van der Waals surface area (Å²) in [5.74, 6) is -0.166. The second kappa shape index (κ2) is 5.97. The molecule has 3 N–H and O–H groups in total. The van der Waals surface area contributed by atoms with E-state index in [9.17, 15) is 4.79 Å². The number of nitrogen functional groups attached to an aromatic ring is 1. The van der Waals surface area contributed by atoms with Gasteiger partial charge in [0.15, 0.2) is 0 Å². The van der Waals surface area contributed by atoms with E-state index >= 15 is 0 Å². The first-order valence-corrected chi connectivity index (χ1v) is 7.61. The van der Waals surface area contributed by atoms with Crippen LogP contribution < -0.4 is 11.1 Å². The number of benzene rings is 2. The molecule has 1 amide bonds. The Morgan fingerprint density at radius 2 is 1.85 bits per heavy atom. The summed E-state index contributed by atoms with van der Waals surface area (Å²) in [4.78, 5) is 12.4. The Bertz CT molecular complexity index is 684. The lowest BCUT2D eigenvalue weighted by Crippen LogP contribution is -2.15. The number of nitrogens with two attached hydrogens (primary N) is 1. The van der Waals surface area contributed by atoms with Crippen molar-refractivity contribution in [1.29, 1.82) is 0 Å². The van der Waals surface area contributed by atoms with E-state index in [2.05, 4.69) is 37.2 Å². The number of halogens is 2. The molecule has 0 aliphatic rings. The van der Waals surface area contributed by atoms with Gasteiger partial charge in [-0.05, 0) is 65.2 Å². The van der Waals surface area contributed by atoms with Crippen LogP contribution in [0.1, 0.15) is 21.5 Å². The molecule has 104 valence electrons. The summed E-state index contributed by atoms with van der Waals surface area (Å²) in [6.07, 6.45) is 0. The van der Waals surface area contributed by atoms with E-state index in [0.29, 0.717) is 11.3 Å². The largest absolute Gasteiger partial charge is 0.398 e. The fraction of sp³-hybridized carbons (Fsp3) is 0.133. The number of carbonyl (C=O) groups excluding carboxylic acids is 1. The molecule has 0 bridgehead atoms. The van der Waals surface area contributed by atoms with Crippen molar-refractivity contribution >= 4 is 49.1 Å². The number of rotatable bonds is 2. The first kappa shape index (κ1) is 15.1. The van der Waals surface area contributed by atoms with Gasteiger partial charge in [-0.1, -0.05) is 22.0 Å². The molecular weight excluding hydrogens is 384 g/mol. The van der Waals surface area contributed by atoms with E-state index < -0.39 is 0 Å². The third-order valence-corrected chi connectivity index (χ3v) is 4.28. The number of amides is 1. The summed E-state index contributed by atoms with van der Waals surface area (Å²) in [6, 6.07) is 9.18. The predicted molar refractivity (Wildman–Crippen MR) is 90.1 cm³/mol. The number of hydrogen-bond acceptors (Lipinski definition) is 2. The Kier molecular flexibility index (Phi) is 4.50. The van der Waals surface area contributed by atoms with Gasteiger partial charge in [-0.15, -0.1) is 0 Å². The van der Waals surface area contributed by atoms with Gasteiger partial charge in [0.2, 0.25) is 0 Å². The molecule has 2 aromatic rings. The zero-order valence-electron chi connectivity index (χ0n) is 11.1. The number of hydrogen-bond donors (Lipinski definition) is 2. The number of anilines is 2. The summed E-state index contributed by atoms with van der Waals surface area (Å²) < 4.78 is 1.65. The van der Waals surface area contributed by atoms with E-state index in [1.165, 1.54) is 0 Å². The minimum absolute atomic E-state index is 0.166. The molecule has 0 unspecified atom stereocenters. The van der Waals surface area contributed by atoms with Crippen LogP contribution in [0.2, 0.25) is 0 Å². The second-order valence-corrected chi connectivity index (χ2v) is 6.32. The zero-order chi connectivity index (χ0) is 14.9. The third kappa shape index (κ3) is 3.04. The maximum atomic E-state index is 12.4. The molecule has 0 spiro atoms. The molecule has 3 nitrogen and oxygen atoms in total. The molecule has 2 rings (SSSR count). The lowest BCUT2D eigenvalue weighted by molar-refractivity contribution is 0.102. The Labute approximate surface area is 134 Å². The van der Waals surface area contributed by atoms with Crippen LogP contribution in [-0.4, -0.2) is 5.91 Å². The normalized spacial score (nSPS) is 10.4. The molecule has 0 atom stereocenters. The molecule has 5 heteroatoms. The molecule has 0 aromatic heterocycles. The SMILES string of the molecule is Cc1ccc(N)c(C)c1NC(=O)c1ccc(Br)cc1Br. The van der Waals surface area contributed by atoms with Gasteiger partial charge in [-0.25, -0.2) is 0 Å². The van der Waals surface area contributed by atoms with Crippen LogP contribution in [-0.2, 0) is 0 Å². The average molecular weight is 398 g/mol. The molecule has 0 aliphatic heterocycles. The molecule has 0 radical (unpaired) electrons. The quantitative estimate of drug-likeness (QED) is 0.723. The van der Waals surface area contributed by atoms with Crippen LogP contribution in [0.25, 0.3) is 0 Å². The summed E-state index contributed by atoms with van der Waals surface area (Å²) in [6.45, 7) is 3.84. The lowest BCUT2D eigenvalue weighted by Gasteiger charge is -2.14. The number of nitrogens with one attached hydrogen (secondary N) is 1. The molecule has 2 aromatic carbocycles. The van der Waals surface area contributed by atoms with Gasteiger partial charge < -0.3 is 11.1 Å². The van der Waals surface area contributed by atoms with Crippen molar-refractivity contribution in [2.45, 2.75) is 13.8 Å². The highest BCUT2D eigenvalue weighted by molar-refractivity contribution is 9.11. The van der Waals surface area contributed by atoms with Crippen molar-refractivity contribution in [2.24, 2.45) is 0 Å².